The number of Topliss-reactive ketones (excluding diaryl/α,β-unsaturated/α-hetero) is 1. The molecule has 1 aromatic rings. The van der Waals surface area contributed by atoms with Crippen LogP contribution in [0.2, 0.25) is 0 Å². The van der Waals surface area contributed by atoms with Crippen LogP contribution in [0.4, 0.5) is 0 Å². The van der Waals surface area contributed by atoms with Gasteiger partial charge in [-0.05, 0) is 74.7 Å². The molecule has 0 N–H and O–H groups in total. The molecule has 32 heavy (non-hydrogen) atoms. The van der Waals surface area contributed by atoms with Gasteiger partial charge in [-0.3, -0.25) is 9.59 Å². The van der Waals surface area contributed by atoms with Crippen LogP contribution in [0.5, 0.6) is 0 Å². The van der Waals surface area contributed by atoms with Gasteiger partial charge in [0.15, 0.2) is 11.6 Å². The first-order chi connectivity index (χ1) is 15.3. The van der Waals surface area contributed by atoms with Gasteiger partial charge >= 0.3 is 0 Å². The van der Waals surface area contributed by atoms with Crippen molar-refractivity contribution >= 4 is 27.7 Å². The van der Waals surface area contributed by atoms with Gasteiger partial charge < -0.3 is 0 Å². The van der Waals surface area contributed by atoms with E-state index in [1.54, 1.807) is 13.0 Å². The van der Waals surface area contributed by atoms with Gasteiger partial charge in [-0.2, -0.15) is 0 Å². The summed E-state index contributed by atoms with van der Waals surface area (Å²) in [5.41, 5.74) is 4.81. The van der Waals surface area contributed by atoms with Crippen LogP contribution in [0.15, 0.2) is 76.9 Å². The molecule has 0 heterocycles. The van der Waals surface area contributed by atoms with E-state index in [1.807, 2.05) is 36.4 Å². The van der Waals surface area contributed by atoms with Crippen molar-refractivity contribution in [2.45, 2.75) is 46.5 Å². The van der Waals surface area contributed by atoms with E-state index in [4.69, 9.17) is 0 Å². The van der Waals surface area contributed by atoms with Crippen LogP contribution in [0, 0.1) is 22.7 Å². The van der Waals surface area contributed by atoms with E-state index in [9.17, 15) is 13.8 Å². The Bertz CT molecular complexity index is 1210. The molecule has 0 unspecified atom stereocenters. The Hall–Kier alpha value is -2.59. The van der Waals surface area contributed by atoms with Crippen LogP contribution in [-0.4, -0.2) is 20.6 Å². The molecule has 0 radical (unpaired) electrons. The zero-order chi connectivity index (χ0) is 22.7. The maximum absolute atomic E-state index is 13.0. The Morgan fingerprint density at radius 1 is 1.16 bits per heavy atom. The minimum atomic E-state index is -0.267. The minimum Gasteiger partial charge on any atom is -0.295 e. The summed E-state index contributed by atoms with van der Waals surface area (Å²) in [7, 11) is 0. The van der Waals surface area contributed by atoms with Crippen molar-refractivity contribution < 1.29 is 13.8 Å². The third-order valence-corrected chi connectivity index (χ3v) is 9.03. The molecule has 4 aliphatic carbocycles. The average Bonchev–Trinajstić information content (AvgIpc) is 3.08. The van der Waals surface area contributed by atoms with Gasteiger partial charge in [-0.25, -0.2) is 4.21 Å². The summed E-state index contributed by atoms with van der Waals surface area (Å²) in [5, 5.41) is 0. The van der Waals surface area contributed by atoms with E-state index in [2.05, 4.69) is 26.0 Å². The Morgan fingerprint density at radius 2 is 1.91 bits per heavy atom. The summed E-state index contributed by atoms with van der Waals surface area (Å²) in [6.45, 7) is 6.10. The molecule has 3 nitrogen and oxygen atoms in total. The molecule has 4 atom stereocenters. The van der Waals surface area contributed by atoms with Gasteiger partial charge in [0.2, 0.25) is 0 Å². The molecule has 5 rings (SSSR count). The summed E-state index contributed by atoms with van der Waals surface area (Å²) >= 11 is 0.514. The lowest BCUT2D eigenvalue weighted by molar-refractivity contribution is -0.115. The number of carbonyl (C=O) groups is 2. The highest BCUT2D eigenvalue weighted by atomic mass is 32.1. The van der Waals surface area contributed by atoms with Crippen LogP contribution in [0.3, 0.4) is 0 Å². The molecule has 0 amide bonds. The van der Waals surface area contributed by atoms with E-state index in [-0.39, 0.29) is 28.3 Å². The number of benzene rings is 1. The van der Waals surface area contributed by atoms with Crippen molar-refractivity contribution in [3.05, 3.63) is 82.5 Å². The number of ketones is 2. The topological polar surface area (TPSA) is 51.2 Å². The van der Waals surface area contributed by atoms with Crippen LogP contribution in [0.25, 0.3) is 0 Å². The molecular formula is C28H28O3S. The largest absolute Gasteiger partial charge is 0.295 e. The molecule has 1 aromatic carbocycles. The lowest BCUT2D eigenvalue weighted by atomic mass is 9.52. The fourth-order valence-electron chi connectivity index (χ4n) is 6.89. The standard InChI is InChI=1S/C28H28O3S/c1-17(29)25-22(26(32-31)18-7-5-4-6-8-18)16-24-21-10-9-19-15-20(30)11-13-27(19,2)23(21)12-14-28(24,25)3/h4-8,11-13,15,21,24H,9-10,14,16H2,1-3H3/t21-,24+,27+,28+/m1/s1. The quantitative estimate of drug-likeness (QED) is 0.368. The monoisotopic (exact) mass is 444 g/mol. The third kappa shape index (κ3) is 2.96. The van der Waals surface area contributed by atoms with Crippen LogP contribution >= 0.6 is 0 Å². The minimum absolute atomic E-state index is 0.0788. The summed E-state index contributed by atoms with van der Waals surface area (Å²) in [6, 6.07) is 9.74. The molecule has 0 bridgehead atoms. The molecular weight excluding hydrogens is 416 g/mol. The van der Waals surface area contributed by atoms with E-state index in [0.29, 0.717) is 22.0 Å². The summed E-state index contributed by atoms with van der Waals surface area (Å²) in [4.78, 5) is 25.7. The van der Waals surface area contributed by atoms with Crippen LogP contribution in [0.1, 0.15) is 52.0 Å². The lowest BCUT2D eigenvalue weighted by Crippen LogP contribution is -2.43. The van der Waals surface area contributed by atoms with E-state index >= 15 is 0 Å². The Labute approximate surface area is 193 Å². The van der Waals surface area contributed by atoms with Gasteiger partial charge in [0.05, 0.1) is 16.1 Å². The van der Waals surface area contributed by atoms with Crippen molar-refractivity contribution in [2.75, 3.05) is 0 Å². The molecule has 1 saturated carbocycles. The van der Waals surface area contributed by atoms with Crippen molar-refractivity contribution in [1.82, 2.24) is 0 Å². The number of carbonyl (C=O) groups excluding carboxylic acids is 2. The second kappa shape index (κ2) is 7.48. The van der Waals surface area contributed by atoms with E-state index < -0.39 is 0 Å². The zero-order valence-electron chi connectivity index (χ0n) is 18.8. The van der Waals surface area contributed by atoms with Crippen molar-refractivity contribution in [2.24, 2.45) is 22.7 Å². The van der Waals surface area contributed by atoms with Gasteiger partial charge in [-0.1, -0.05) is 60.6 Å². The highest BCUT2D eigenvalue weighted by Crippen LogP contribution is 2.63. The Kier molecular flexibility index (Phi) is 4.97. The molecule has 0 spiro atoms. The van der Waals surface area contributed by atoms with Gasteiger partial charge in [0, 0.05) is 16.4 Å². The molecule has 4 aliphatic rings. The van der Waals surface area contributed by atoms with Crippen molar-refractivity contribution in [3.8, 4) is 0 Å². The maximum atomic E-state index is 13.0. The van der Waals surface area contributed by atoms with Crippen molar-refractivity contribution in [3.63, 3.8) is 0 Å². The predicted molar refractivity (Wildman–Crippen MR) is 128 cm³/mol. The highest BCUT2D eigenvalue weighted by Gasteiger charge is 2.56. The van der Waals surface area contributed by atoms with Crippen LogP contribution < -0.4 is 0 Å². The van der Waals surface area contributed by atoms with E-state index in [1.165, 1.54) is 11.1 Å². The first-order valence-corrected chi connectivity index (χ1v) is 12.2. The second-order valence-corrected chi connectivity index (χ2v) is 10.6. The molecule has 4 heteroatoms. The Morgan fingerprint density at radius 3 is 2.59 bits per heavy atom. The lowest BCUT2D eigenvalue weighted by Gasteiger charge is -2.51. The number of allylic oxidation sites excluding steroid dienone is 8. The van der Waals surface area contributed by atoms with Gasteiger partial charge in [0.25, 0.3) is 0 Å². The fourth-order valence-corrected chi connectivity index (χ4v) is 7.41. The average molecular weight is 445 g/mol. The first kappa shape index (κ1) is 21.3. The fraction of sp³-hybridized carbons (Fsp3) is 0.393. The third-order valence-electron chi connectivity index (χ3n) is 8.38. The molecule has 0 aromatic heterocycles. The Balaban J connectivity index is 1.60. The molecule has 1 fully saturated rings. The number of fused-ring (bicyclic) bond motifs is 5. The van der Waals surface area contributed by atoms with Gasteiger partial charge in [-0.15, -0.1) is 0 Å². The molecule has 0 aliphatic heterocycles. The smallest absolute Gasteiger partial charge is 0.178 e. The van der Waals surface area contributed by atoms with Gasteiger partial charge in [0.1, 0.15) is 0 Å². The summed E-state index contributed by atoms with van der Waals surface area (Å²) in [6.07, 6.45) is 11.4. The number of hydrogen-bond acceptors (Lipinski definition) is 3. The predicted octanol–water partition coefficient (Wildman–Crippen LogP) is 5.14. The van der Waals surface area contributed by atoms with Crippen LogP contribution in [-0.2, 0) is 20.8 Å². The highest BCUT2D eigenvalue weighted by molar-refractivity contribution is 7.67. The molecule has 0 saturated heterocycles. The number of rotatable bonds is 3. The van der Waals surface area contributed by atoms with E-state index in [0.717, 1.165) is 42.4 Å². The zero-order valence-corrected chi connectivity index (χ0v) is 19.6. The first-order valence-electron chi connectivity index (χ1n) is 11.4. The second-order valence-electron chi connectivity index (χ2n) is 10.0. The maximum Gasteiger partial charge on any atom is 0.178 e. The normalized spacial score (nSPS) is 33.0. The summed E-state index contributed by atoms with van der Waals surface area (Å²) in [5.74, 6) is 0.784. The number of hydrogen-bond donors (Lipinski definition) is 0. The van der Waals surface area contributed by atoms with Crippen molar-refractivity contribution in [1.29, 1.82) is 0 Å². The summed E-state index contributed by atoms with van der Waals surface area (Å²) < 4.78 is 12.3. The SMILES string of the molecule is CC(=O)C1=C(C(=S=O)c2ccccc2)C[C@H]2[C@@H]3CCC4=CC(=O)C=C[C@]4(C)C3=CC[C@]12C. The molecule has 164 valence electrons.